The number of piperidine rings is 1. The summed E-state index contributed by atoms with van der Waals surface area (Å²) >= 11 is 0. The van der Waals surface area contributed by atoms with E-state index < -0.39 is 0 Å². The number of likely N-dealkylation sites (tertiary alicyclic amines) is 1. The number of hydrogen-bond donors (Lipinski definition) is 2. The van der Waals surface area contributed by atoms with E-state index >= 15 is 0 Å². The summed E-state index contributed by atoms with van der Waals surface area (Å²) in [4.78, 5) is 15.6. The number of aliphatic hydroxyl groups excluding tert-OH is 1. The highest BCUT2D eigenvalue weighted by Crippen LogP contribution is 2.22. The van der Waals surface area contributed by atoms with Gasteiger partial charge in [-0.05, 0) is 63.7 Å². The van der Waals surface area contributed by atoms with Crippen LogP contribution in [0, 0.1) is 19.8 Å². The third-order valence-corrected chi connectivity index (χ3v) is 4.73. The van der Waals surface area contributed by atoms with Gasteiger partial charge in [0.15, 0.2) is 5.65 Å². The van der Waals surface area contributed by atoms with Gasteiger partial charge in [0.05, 0.1) is 5.39 Å². The van der Waals surface area contributed by atoms with E-state index in [-0.39, 0.29) is 0 Å². The van der Waals surface area contributed by atoms with Gasteiger partial charge in [0.25, 0.3) is 0 Å². The van der Waals surface area contributed by atoms with E-state index in [9.17, 15) is 5.11 Å². The van der Waals surface area contributed by atoms with Crippen LogP contribution >= 0.6 is 0 Å². The molecule has 0 amide bonds. The molecule has 24 heavy (non-hydrogen) atoms. The highest BCUT2D eigenvalue weighted by molar-refractivity contribution is 5.89. The molecular weight excluding hydrogens is 302 g/mol. The molecule has 1 saturated heterocycles. The second-order valence-electron chi connectivity index (χ2n) is 6.77. The van der Waals surface area contributed by atoms with Gasteiger partial charge in [0.2, 0.25) is 0 Å². The highest BCUT2D eigenvalue weighted by atomic mass is 16.3. The van der Waals surface area contributed by atoms with Gasteiger partial charge in [-0.1, -0.05) is 0 Å². The monoisotopic (exact) mass is 329 g/mol. The third-order valence-electron chi connectivity index (χ3n) is 4.73. The van der Waals surface area contributed by atoms with Crippen molar-refractivity contribution in [1.29, 1.82) is 0 Å². The zero-order valence-corrected chi connectivity index (χ0v) is 14.6. The van der Waals surface area contributed by atoms with Crippen molar-refractivity contribution in [3.8, 4) is 0 Å². The number of nitrogens with one attached hydrogen (secondary N) is 1. The van der Waals surface area contributed by atoms with Crippen LogP contribution in [0.4, 0.5) is 5.82 Å². The first-order valence-electron chi connectivity index (χ1n) is 8.83. The minimum absolute atomic E-state index is 0.313. The fraction of sp³-hybridized carbons (Fsp3) is 0.611. The Morgan fingerprint density at radius 3 is 3.04 bits per heavy atom. The molecular formula is C18H27N5O. The predicted molar refractivity (Wildman–Crippen MR) is 96.2 cm³/mol. The lowest BCUT2D eigenvalue weighted by molar-refractivity contribution is 0.120. The number of fused-ring (bicyclic) bond motifs is 1. The Kier molecular flexibility index (Phi) is 5.58. The minimum Gasteiger partial charge on any atom is -0.396 e. The lowest BCUT2D eigenvalue weighted by Gasteiger charge is -2.31. The zero-order valence-electron chi connectivity index (χ0n) is 14.6. The summed E-state index contributed by atoms with van der Waals surface area (Å²) in [5.74, 6) is 1.33. The van der Waals surface area contributed by atoms with E-state index in [0.29, 0.717) is 12.5 Å². The van der Waals surface area contributed by atoms with Crippen LogP contribution in [0.5, 0.6) is 0 Å². The maximum Gasteiger partial charge on any atom is 0.165 e. The average molecular weight is 329 g/mol. The summed E-state index contributed by atoms with van der Waals surface area (Å²) in [5, 5.41) is 13.8. The molecule has 0 radical (unpaired) electrons. The number of hydrogen-bond acceptors (Lipinski definition) is 6. The maximum atomic E-state index is 9.32. The van der Waals surface area contributed by atoms with Crippen LogP contribution in [0.1, 0.15) is 30.5 Å². The third kappa shape index (κ3) is 3.99. The van der Waals surface area contributed by atoms with Crippen molar-refractivity contribution in [3.63, 3.8) is 0 Å². The maximum absolute atomic E-state index is 9.32. The Morgan fingerprint density at radius 1 is 1.33 bits per heavy atom. The van der Waals surface area contributed by atoms with Crippen LogP contribution < -0.4 is 5.32 Å². The molecule has 0 aliphatic carbocycles. The quantitative estimate of drug-likeness (QED) is 0.791. The van der Waals surface area contributed by atoms with Gasteiger partial charge in [-0.3, -0.25) is 0 Å². The van der Waals surface area contributed by atoms with Crippen LogP contribution in [-0.4, -0.2) is 57.7 Å². The fourth-order valence-corrected chi connectivity index (χ4v) is 3.56. The largest absolute Gasteiger partial charge is 0.396 e. The molecule has 1 fully saturated rings. The van der Waals surface area contributed by atoms with Crippen molar-refractivity contribution in [2.45, 2.75) is 33.1 Å². The van der Waals surface area contributed by atoms with Gasteiger partial charge < -0.3 is 15.3 Å². The second kappa shape index (κ2) is 7.85. The molecule has 0 unspecified atom stereocenters. The molecule has 3 heterocycles. The summed E-state index contributed by atoms with van der Waals surface area (Å²) in [6.07, 6.45) is 4.98. The van der Waals surface area contributed by atoms with Gasteiger partial charge >= 0.3 is 0 Å². The van der Waals surface area contributed by atoms with Gasteiger partial charge in [-0.2, -0.15) is 0 Å². The fourth-order valence-electron chi connectivity index (χ4n) is 3.56. The Bertz CT molecular complexity index is 690. The molecule has 0 aromatic carbocycles. The number of aliphatic hydroxyl groups is 1. The lowest BCUT2D eigenvalue weighted by atomic mass is 9.99. The van der Waals surface area contributed by atoms with Gasteiger partial charge in [0.1, 0.15) is 12.1 Å². The van der Waals surface area contributed by atoms with Crippen LogP contribution in [0.15, 0.2) is 12.4 Å². The Balaban J connectivity index is 1.56. The molecule has 6 heteroatoms. The van der Waals surface area contributed by atoms with E-state index in [1.807, 2.05) is 6.92 Å². The van der Waals surface area contributed by atoms with Crippen LogP contribution in [-0.2, 0) is 0 Å². The van der Waals surface area contributed by atoms with Crippen molar-refractivity contribution in [2.75, 3.05) is 38.1 Å². The van der Waals surface area contributed by atoms with Crippen molar-refractivity contribution >= 4 is 16.9 Å². The molecule has 2 N–H and O–H groups in total. The molecule has 0 bridgehead atoms. The Hall–Kier alpha value is -1.79. The first-order valence-corrected chi connectivity index (χ1v) is 8.83. The van der Waals surface area contributed by atoms with Gasteiger partial charge in [-0.15, -0.1) is 0 Å². The first-order chi connectivity index (χ1) is 11.7. The van der Waals surface area contributed by atoms with Gasteiger partial charge in [-0.25, -0.2) is 15.0 Å². The standard InChI is InChI=1S/C18H27N5O/c1-13-9-14(2)22-18-16(13)17(20-12-21-18)19-6-4-8-23-7-3-5-15(10-23)11-24/h9,12,15,24H,3-8,10-11H2,1-2H3,(H,19,20,21,22)/t15-/m1/s1. The number of aryl methyl sites for hydroxylation is 2. The van der Waals surface area contributed by atoms with Crippen molar-refractivity contribution in [1.82, 2.24) is 19.9 Å². The van der Waals surface area contributed by atoms with E-state index in [2.05, 4.69) is 38.2 Å². The zero-order chi connectivity index (χ0) is 16.9. The number of anilines is 1. The molecule has 1 aliphatic rings. The molecule has 1 atom stereocenters. The first kappa shape index (κ1) is 17.0. The Labute approximate surface area is 143 Å². The smallest absolute Gasteiger partial charge is 0.165 e. The predicted octanol–water partition coefficient (Wildman–Crippen LogP) is 2.15. The molecule has 0 saturated carbocycles. The normalized spacial score (nSPS) is 18.9. The van der Waals surface area contributed by atoms with E-state index in [4.69, 9.17) is 0 Å². The summed E-state index contributed by atoms with van der Waals surface area (Å²) in [6.45, 7) is 8.48. The number of pyridine rings is 1. The average Bonchev–Trinajstić information content (AvgIpc) is 2.58. The van der Waals surface area contributed by atoms with Crippen LogP contribution in [0.2, 0.25) is 0 Å². The molecule has 2 aromatic rings. The van der Waals surface area contributed by atoms with Crippen molar-refractivity contribution < 1.29 is 5.11 Å². The lowest BCUT2D eigenvalue weighted by Crippen LogP contribution is -2.37. The molecule has 130 valence electrons. The summed E-state index contributed by atoms with van der Waals surface area (Å²) in [7, 11) is 0. The number of rotatable bonds is 6. The Morgan fingerprint density at radius 2 is 2.21 bits per heavy atom. The molecule has 2 aromatic heterocycles. The summed E-state index contributed by atoms with van der Waals surface area (Å²) in [5.41, 5.74) is 2.89. The van der Waals surface area contributed by atoms with Crippen molar-refractivity contribution in [3.05, 3.63) is 23.7 Å². The van der Waals surface area contributed by atoms with Crippen LogP contribution in [0.25, 0.3) is 11.0 Å². The molecule has 1 aliphatic heterocycles. The highest BCUT2D eigenvalue weighted by Gasteiger charge is 2.18. The minimum atomic E-state index is 0.313. The molecule has 6 nitrogen and oxygen atoms in total. The second-order valence-corrected chi connectivity index (χ2v) is 6.77. The van der Waals surface area contributed by atoms with E-state index in [1.54, 1.807) is 6.33 Å². The van der Waals surface area contributed by atoms with Gasteiger partial charge in [0, 0.05) is 25.4 Å². The topological polar surface area (TPSA) is 74.2 Å². The van der Waals surface area contributed by atoms with Crippen LogP contribution in [0.3, 0.4) is 0 Å². The SMILES string of the molecule is Cc1cc(C)c2c(NCCCN3CCC[C@@H](CO)C3)ncnc2n1. The van der Waals surface area contributed by atoms with E-state index in [1.165, 1.54) is 6.42 Å². The van der Waals surface area contributed by atoms with Crippen molar-refractivity contribution in [2.24, 2.45) is 5.92 Å². The molecule has 0 spiro atoms. The number of nitrogens with zero attached hydrogens (tertiary/aromatic N) is 4. The molecule has 3 rings (SSSR count). The van der Waals surface area contributed by atoms with E-state index in [0.717, 1.165) is 67.1 Å². The summed E-state index contributed by atoms with van der Waals surface area (Å²) in [6, 6.07) is 2.07. The number of aromatic nitrogens is 3. The summed E-state index contributed by atoms with van der Waals surface area (Å²) < 4.78 is 0.